The Labute approximate surface area is 144 Å². The van der Waals surface area contributed by atoms with E-state index < -0.39 is 0 Å². The van der Waals surface area contributed by atoms with E-state index >= 15 is 0 Å². The topological polar surface area (TPSA) is 59.0 Å². The van der Waals surface area contributed by atoms with Gasteiger partial charge in [0, 0.05) is 24.3 Å². The summed E-state index contributed by atoms with van der Waals surface area (Å²) < 4.78 is 2.91. The van der Waals surface area contributed by atoms with Gasteiger partial charge in [-0.15, -0.1) is 0 Å². The first-order valence-electron chi connectivity index (χ1n) is 7.99. The standard InChI is InChI=1S/C17H21BrN4O/c18-15-11-20-22(12-15)10-7-13-1-3-16(4-2-13)21-17(23)14-5-8-19-9-6-14/h1-4,11-12,14,19H,5-10H2,(H,21,23). The zero-order valence-electron chi connectivity index (χ0n) is 13.0. The molecule has 122 valence electrons. The van der Waals surface area contributed by atoms with Gasteiger partial charge in [-0.25, -0.2) is 0 Å². The molecule has 1 aromatic heterocycles. The fourth-order valence-corrected chi connectivity index (χ4v) is 3.12. The number of carbonyl (C=O) groups excluding carboxylic acids is 1. The summed E-state index contributed by atoms with van der Waals surface area (Å²) in [5.74, 6) is 0.273. The summed E-state index contributed by atoms with van der Waals surface area (Å²) in [5, 5.41) is 10.6. The minimum absolute atomic E-state index is 0.134. The number of hydrogen-bond donors (Lipinski definition) is 2. The number of amides is 1. The van der Waals surface area contributed by atoms with Gasteiger partial charge in [0.2, 0.25) is 5.91 Å². The molecule has 0 unspecified atom stereocenters. The maximum absolute atomic E-state index is 12.2. The largest absolute Gasteiger partial charge is 0.326 e. The molecule has 3 rings (SSSR count). The molecule has 0 aliphatic carbocycles. The lowest BCUT2D eigenvalue weighted by Gasteiger charge is -2.21. The molecule has 2 aromatic rings. The predicted molar refractivity (Wildman–Crippen MR) is 94.3 cm³/mol. The van der Waals surface area contributed by atoms with Gasteiger partial charge < -0.3 is 10.6 Å². The first kappa shape index (κ1) is 16.2. The summed E-state index contributed by atoms with van der Waals surface area (Å²) in [6.07, 6.45) is 6.51. The average Bonchev–Trinajstić information content (AvgIpc) is 3.00. The Hall–Kier alpha value is -1.66. The van der Waals surface area contributed by atoms with Crippen molar-refractivity contribution in [1.29, 1.82) is 0 Å². The number of anilines is 1. The van der Waals surface area contributed by atoms with Crippen LogP contribution in [0.5, 0.6) is 0 Å². The number of piperidine rings is 1. The lowest BCUT2D eigenvalue weighted by atomic mass is 9.97. The number of hydrogen-bond acceptors (Lipinski definition) is 3. The van der Waals surface area contributed by atoms with E-state index in [1.165, 1.54) is 5.56 Å². The third-order valence-electron chi connectivity index (χ3n) is 4.16. The van der Waals surface area contributed by atoms with Gasteiger partial charge in [0.15, 0.2) is 0 Å². The highest BCUT2D eigenvalue weighted by Crippen LogP contribution is 2.16. The van der Waals surface area contributed by atoms with Gasteiger partial charge in [0.05, 0.1) is 10.7 Å². The highest BCUT2D eigenvalue weighted by atomic mass is 79.9. The molecule has 23 heavy (non-hydrogen) atoms. The van der Waals surface area contributed by atoms with Gasteiger partial charge in [0.25, 0.3) is 0 Å². The van der Waals surface area contributed by atoms with Gasteiger partial charge >= 0.3 is 0 Å². The summed E-state index contributed by atoms with van der Waals surface area (Å²) in [6.45, 7) is 2.70. The van der Waals surface area contributed by atoms with Crippen LogP contribution < -0.4 is 10.6 Å². The van der Waals surface area contributed by atoms with Crippen LogP contribution in [0.1, 0.15) is 18.4 Å². The molecule has 2 heterocycles. The Morgan fingerprint density at radius 2 is 2.04 bits per heavy atom. The van der Waals surface area contributed by atoms with E-state index in [2.05, 4.69) is 43.8 Å². The monoisotopic (exact) mass is 376 g/mol. The molecule has 5 nitrogen and oxygen atoms in total. The van der Waals surface area contributed by atoms with E-state index in [1.54, 1.807) is 6.20 Å². The van der Waals surface area contributed by atoms with Gasteiger partial charge in [-0.2, -0.15) is 5.10 Å². The number of aryl methyl sites for hydroxylation is 2. The molecule has 6 heteroatoms. The fraction of sp³-hybridized carbons (Fsp3) is 0.412. The normalized spacial score (nSPS) is 15.5. The summed E-state index contributed by atoms with van der Waals surface area (Å²) in [7, 11) is 0. The zero-order chi connectivity index (χ0) is 16.1. The van der Waals surface area contributed by atoms with E-state index in [1.807, 2.05) is 23.0 Å². The van der Waals surface area contributed by atoms with E-state index in [-0.39, 0.29) is 11.8 Å². The van der Waals surface area contributed by atoms with E-state index in [9.17, 15) is 4.79 Å². The molecule has 0 atom stereocenters. The Balaban J connectivity index is 1.51. The number of benzene rings is 1. The lowest BCUT2D eigenvalue weighted by molar-refractivity contribution is -0.120. The molecule has 1 amide bonds. The SMILES string of the molecule is O=C(Nc1ccc(CCn2cc(Br)cn2)cc1)C1CCNCC1. The van der Waals surface area contributed by atoms with Gasteiger partial charge in [0.1, 0.15) is 0 Å². The quantitative estimate of drug-likeness (QED) is 0.843. The second-order valence-corrected chi connectivity index (χ2v) is 6.80. The van der Waals surface area contributed by atoms with Crippen molar-refractivity contribution >= 4 is 27.5 Å². The van der Waals surface area contributed by atoms with Crippen molar-refractivity contribution in [3.8, 4) is 0 Å². The summed E-state index contributed by atoms with van der Waals surface area (Å²) in [4.78, 5) is 12.2. The first-order valence-corrected chi connectivity index (χ1v) is 8.78. The van der Waals surface area contributed by atoms with Crippen molar-refractivity contribution in [1.82, 2.24) is 15.1 Å². The highest BCUT2D eigenvalue weighted by molar-refractivity contribution is 9.10. The maximum atomic E-state index is 12.2. The third kappa shape index (κ3) is 4.65. The zero-order valence-corrected chi connectivity index (χ0v) is 14.6. The van der Waals surface area contributed by atoms with Crippen molar-refractivity contribution in [2.75, 3.05) is 18.4 Å². The van der Waals surface area contributed by atoms with Crippen molar-refractivity contribution < 1.29 is 4.79 Å². The number of halogens is 1. The van der Waals surface area contributed by atoms with Crippen LogP contribution in [0.2, 0.25) is 0 Å². The molecule has 1 fully saturated rings. The van der Waals surface area contributed by atoms with Gasteiger partial charge in [-0.3, -0.25) is 9.48 Å². The van der Waals surface area contributed by atoms with Crippen LogP contribution in [0, 0.1) is 5.92 Å². The van der Waals surface area contributed by atoms with Crippen LogP contribution in [0.4, 0.5) is 5.69 Å². The number of aromatic nitrogens is 2. The molecule has 0 bridgehead atoms. The Morgan fingerprint density at radius 1 is 1.30 bits per heavy atom. The Morgan fingerprint density at radius 3 is 2.70 bits per heavy atom. The third-order valence-corrected chi connectivity index (χ3v) is 4.57. The highest BCUT2D eigenvalue weighted by Gasteiger charge is 2.20. The second kappa shape index (κ2) is 7.75. The van der Waals surface area contributed by atoms with Crippen LogP contribution in [-0.4, -0.2) is 28.8 Å². The average molecular weight is 377 g/mol. The van der Waals surface area contributed by atoms with Crippen LogP contribution >= 0.6 is 15.9 Å². The van der Waals surface area contributed by atoms with E-state index in [0.717, 1.165) is 49.1 Å². The molecule has 1 saturated heterocycles. The minimum Gasteiger partial charge on any atom is -0.326 e. The van der Waals surface area contributed by atoms with Crippen molar-refractivity contribution in [2.24, 2.45) is 5.92 Å². The van der Waals surface area contributed by atoms with Gasteiger partial charge in [-0.1, -0.05) is 12.1 Å². The summed E-state index contributed by atoms with van der Waals surface area (Å²) in [5.41, 5.74) is 2.11. The van der Waals surface area contributed by atoms with Crippen LogP contribution in [0.15, 0.2) is 41.1 Å². The predicted octanol–water partition coefficient (Wildman–Crippen LogP) is 2.83. The number of nitrogens with zero attached hydrogens (tertiary/aromatic N) is 2. The molecule has 0 saturated carbocycles. The molecular weight excluding hydrogens is 356 g/mol. The molecule has 1 aliphatic rings. The molecule has 1 aromatic carbocycles. The maximum Gasteiger partial charge on any atom is 0.227 e. The van der Waals surface area contributed by atoms with Crippen molar-refractivity contribution in [3.05, 3.63) is 46.7 Å². The summed E-state index contributed by atoms with van der Waals surface area (Å²) >= 11 is 3.40. The molecule has 0 spiro atoms. The molecule has 1 aliphatic heterocycles. The second-order valence-electron chi connectivity index (χ2n) is 5.88. The Bertz CT molecular complexity index is 647. The summed E-state index contributed by atoms with van der Waals surface area (Å²) in [6, 6.07) is 8.09. The fourth-order valence-electron chi connectivity index (χ4n) is 2.79. The molecule has 2 N–H and O–H groups in total. The number of rotatable bonds is 5. The smallest absolute Gasteiger partial charge is 0.227 e. The van der Waals surface area contributed by atoms with Crippen molar-refractivity contribution in [3.63, 3.8) is 0 Å². The van der Waals surface area contributed by atoms with Crippen LogP contribution in [0.3, 0.4) is 0 Å². The van der Waals surface area contributed by atoms with Crippen LogP contribution in [-0.2, 0) is 17.8 Å². The number of nitrogens with one attached hydrogen (secondary N) is 2. The molecule has 0 radical (unpaired) electrons. The first-order chi connectivity index (χ1) is 11.2. The van der Waals surface area contributed by atoms with Crippen LogP contribution in [0.25, 0.3) is 0 Å². The Kier molecular flexibility index (Phi) is 5.46. The lowest BCUT2D eigenvalue weighted by Crippen LogP contribution is -2.34. The van der Waals surface area contributed by atoms with Gasteiger partial charge in [-0.05, 0) is 66.0 Å². The van der Waals surface area contributed by atoms with E-state index in [0.29, 0.717) is 0 Å². The molecular formula is C17H21BrN4O. The van der Waals surface area contributed by atoms with E-state index in [4.69, 9.17) is 0 Å². The number of carbonyl (C=O) groups is 1. The minimum atomic E-state index is 0.134. The van der Waals surface area contributed by atoms with Crippen molar-refractivity contribution in [2.45, 2.75) is 25.8 Å².